The molecule has 0 saturated carbocycles. The summed E-state index contributed by atoms with van der Waals surface area (Å²) < 4.78 is 3.08. The van der Waals surface area contributed by atoms with Gasteiger partial charge in [0.1, 0.15) is 0 Å². The van der Waals surface area contributed by atoms with Crippen molar-refractivity contribution in [1.29, 1.82) is 0 Å². The predicted octanol–water partition coefficient (Wildman–Crippen LogP) is 4.57. The van der Waals surface area contributed by atoms with Gasteiger partial charge in [0.2, 0.25) is 5.91 Å². The quantitative estimate of drug-likeness (QED) is 0.614. The molecule has 30 heavy (non-hydrogen) atoms. The zero-order valence-electron chi connectivity index (χ0n) is 18.6. The molecule has 0 atom stereocenters. The largest absolute Gasteiger partial charge is 0.346 e. The number of amides is 1. The van der Waals surface area contributed by atoms with Gasteiger partial charge in [0, 0.05) is 31.6 Å². The van der Waals surface area contributed by atoms with E-state index in [4.69, 9.17) is 10.1 Å². The molecule has 0 bridgehead atoms. The van der Waals surface area contributed by atoms with E-state index in [0.29, 0.717) is 0 Å². The normalized spacial score (nSPS) is 15.6. The second-order valence-electron chi connectivity index (χ2n) is 8.85. The molecule has 0 spiro atoms. The molecule has 1 aromatic carbocycles. The van der Waals surface area contributed by atoms with Gasteiger partial charge < -0.3 is 9.80 Å². The average molecular weight is 426 g/mol. The van der Waals surface area contributed by atoms with Gasteiger partial charge in [-0.1, -0.05) is 49.8 Å². The summed E-state index contributed by atoms with van der Waals surface area (Å²) in [5.74, 6) is 0.266. The first kappa shape index (κ1) is 20.8. The molecule has 6 nitrogen and oxygen atoms in total. The van der Waals surface area contributed by atoms with Crippen LogP contribution in [0.2, 0.25) is 0 Å². The highest BCUT2D eigenvalue weighted by Gasteiger charge is 2.31. The van der Waals surface area contributed by atoms with Gasteiger partial charge in [0.15, 0.2) is 10.8 Å². The maximum absolute atomic E-state index is 12.9. The SMILES string of the molecule is CCC(C)(C)C(=O)N1CCCN(c2nc3c(s2)c(C)nn3-c2ccc(C)cc2)CC1. The minimum absolute atomic E-state index is 0.266. The summed E-state index contributed by atoms with van der Waals surface area (Å²) in [4.78, 5) is 22.2. The van der Waals surface area contributed by atoms with Crippen LogP contribution < -0.4 is 4.90 Å². The highest BCUT2D eigenvalue weighted by atomic mass is 32.1. The van der Waals surface area contributed by atoms with Crippen molar-refractivity contribution in [2.45, 2.75) is 47.5 Å². The third-order valence-electron chi connectivity index (χ3n) is 6.17. The molecule has 1 aliphatic heterocycles. The van der Waals surface area contributed by atoms with Crippen molar-refractivity contribution in [2.24, 2.45) is 5.41 Å². The van der Waals surface area contributed by atoms with E-state index in [-0.39, 0.29) is 11.3 Å². The van der Waals surface area contributed by atoms with Gasteiger partial charge in [-0.25, -0.2) is 4.68 Å². The highest BCUT2D eigenvalue weighted by molar-refractivity contribution is 7.22. The van der Waals surface area contributed by atoms with E-state index in [0.717, 1.165) is 65.9 Å². The third kappa shape index (κ3) is 3.83. The maximum atomic E-state index is 12.9. The molecule has 1 aliphatic rings. The van der Waals surface area contributed by atoms with Gasteiger partial charge in [0.05, 0.1) is 16.1 Å². The van der Waals surface area contributed by atoms with Gasteiger partial charge in [-0.3, -0.25) is 4.79 Å². The number of benzene rings is 1. The Kier molecular flexibility index (Phi) is 5.57. The second kappa shape index (κ2) is 8.02. The third-order valence-corrected chi connectivity index (χ3v) is 7.39. The van der Waals surface area contributed by atoms with Crippen LogP contribution >= 0.6 is 11.3 Å². The molecule has 3 heterocycles. The van der Waals surface area contributed by atoms with E-state index in [1.165, 1.54) is 5.56 Å². The van der Waals surface area contributed by atoms with E-state index >= 15 is 0 Å². The fourth-order valence-electron chi connectivity index (χ4n) is 3.82. The summed E-state index contributed by atoms with van der Waals surface area (Å²) in [5.41, 5.74) is 3.89. The van der Waals surface area contributed by atoms with Crippen molar-refractivity contribution in [3.05, 3.63) is 35.5 Å². The number of aromatic nitrogens is 3. The predicted molar refractivity (Wildman–Crippen MR) is 124 cm³/mol. The monoisotopic (exact) mass is 425 g/mol. The van der Waals surface area contributed by atoms with Crippen LogP contribution in [-0.2, 0) is 4.79 Å². The van der Waals surface area contributed by atoms with Gasteiger partial charge in [-0.2, -0.15) is 10.1 Å². The Balaban J connectivity index is 1.57. The van der Waals surface area contributed by atoms with Gasteiger partial charge >= 0.3 is 0 Å². The van der Waals surface area contributed by atoms with Crippen LogP contribution in [-0.4, -0.2) is 51.8 Å². The Hall–Kier alpha value is -2.41. The Morgan fingerprint density at radius 2 is 1.83 bits per heavy atom. The van der Waals surface area contributed by atoms with Crippen LogP contribution in [0.5, 0.6) is 0 Å². The fraction of sp³-hybridized carbons (Fsp3) is 0.522. The van der Waals surface area contributed by atoms with Crippen molar-refractivity contribution < 1.29 is 4.79 Å². The lowest BCUT2D eigenvalue weighted by Gasteiger charge is -2.30. The van der Waals surface area contributed by atoms with Crippen molar-refractivity contribution in [2.75, 3.05) is 31.1 Å². The molecule has 7 heteroatoms. The van der Waals surface area contributed by atoms with Gasteiger partial charge in [-0.15, -0.1) is 0 Å². The lowest BCUT2D eigenvalue weighted by Crippen LogP contribution is -2.42. The van der Waals surface area contributed by atoms with Crippen LogP contribution in [0.4, 0.5) is 5.13 Å². The van der Waals surface area contributed by atoms with E-state index in [9.17, 15) is 4.79 Å². The Morgan fingerprint density at radius 1 is 1.10 bits per heavy atom. The molecule has 3 aromatic rings. The first-order valence-electron chi connectivity index (χ1n) is 10.8. The number of anilines is 1. The number of thiazole rings is 1. The smallest absolute Gasteiger partial charge is 0.228 e. The molecule has 1 amide bonds. The van der Waals surface area contributed by atoms with Gasteiger partial charge in [0.25, 0.3) is 0 Å². The lowest BCUT2D eigenvalue weighted by atomic mass is 9.88. The molecule has 0 unspecified atom stereocenters. The van der Waals surface area contributed by atoms with Crippen molar-refractivity contribution >= 4 is 32.7 Å². The highest BCUT2D eigenvalue weighted by Crippen LogP contribution is 2.33. The minimum atomic E-state index is -0.292. The molecular formula is C23H31N5OS. The average Bonchev–Trinajstić information content (AvgIpc) is 3.19. The topological polar surface area (TPSA) is 54.3 Å². The number of carbonyl (C=O) groups is 1. The van der Waals surface area contributed by atoms with Crippen molar-refractivity contribution in [3.63, 3.8) is 0 Å². The number of carbonyl (C=O) groups excluding carboxylic acids is 1. The number of aryl methyl sites for hydroxylation is 2. The molecule has 160 valence electrons. The summed E-state index contributed by atoms with van der Waals surface area (Å²) in [6, 6.07) is 8.38. The minimum Gasteiger partial charge on any atom is -0.346 e. The van der Waals surface area contributed by atoms with E-state index in [1.54, 1.807) is 11.3 Å². The van der Waals surface area contributed by atoms with Crippen molar-refractivity contribution in [3.8, 4) is 5.69 Å². The number of fused-ring (bicyclic) bond motifs is 1. The molecule has 1 fully saturated rings. The number of hydrogen-bond donors (Lipinski definition) is 0. The summed E-state index contributed by atoms with van der Waals surface area (Å²) in [6.07, 6.45) is 1.82. The number of nitrogens with zero attached hydrogens (tertiary/aromatic N) is 5. The summed E-state index contributed by atoms with van der Waals surface area (Å²) in [7, 11) is 0. The molecule has 4 rings (SSSR count). The molecule has 0 N–H and O–H groups in total. The molecule has 1 saturated heterocycles. The van der Waals surface area contributed by atoms with Crippen LogP contribution in [0.25, 0.3) is 16.0 Å². The first-order valence-corrected chi connectivity index (χ1v) is 11.6. The van der Waals surface area contributed by atoms with Crippen LogP contribution in [0.15, 0.2) is 24.3 Å². The van der Waals surface area contributed by atoms with E-state index in [2.05, 4.69) is 43.0 Å². The number of hydrogen-bond acceptors (Lipinski definition) is 5. The first-order chi connectivity index (χ1) is 14.3. The summed E-state index contributed by atoms with van der Waals surface area (Å²) in [5, 5.41) is 5.74. The zero-order chi connectivity index (χ0) is 21.5. The molecule has 0 aliphatic carbocycles. The number of rotatable bonds is 4. The van der Waals surface area contributed by atoms with E-state index in [1.807, 2.05) is 30.4 Å². The van der Waals surface area contributed by atoms with Crippen molar-refractivity contribution in [1.82, 2.24) is 19.7 Å². The van der Waals surface area contributed by atoms with Crippen LogP contribution in [0.3, 0.4) is 0 Å². The van der Waals surface area contributed by atoms with Crippen LogP contribution in [0, 0.1) is 19.3 Å². The molecular weight excluding hydrogens is 394 g/mol. The lowest BCUT2D eigenvalue weighted by molar-refractivity contribution is -0.140. The van der Waals surface area contributed by atoms with Crippen LogP contribution in [0.1, 0.15) is 44.9 Å². The Bertz CT molecular complexity index is 1050. The Morgan fingerprint density at radius 3 is 2.53 bits per heavy atom. The Labute approximate surface area is 182 Å². The zero-order valence-corrected chi connectivity index (χ0v) is 19.4. The fourth-order valence-corrected chi connectivity index (χ4v) is 4.85. The molecule has 2 aromatic heterocycles. The second-order valence-corrected chi connectivity index (χ2v) is 9.83. The maximum Gasteiger partial charge on any atom is 0.228 e. The molecule has 0 radical (unpaired) electrons. The summed E-state index contributed by atoms with van der Waals surface area (Å²) in [6.45, 7) is 13.6. The van der Waals surface area contributed by atoms with Gasteiger partial charge in [-0.05, 0) is 38.8 Å². The van der Waals surface area contributed by atoms with E-state index < -0.39 is 0 Å². The standard InChI is InChI=1S/C23H31N5OS/c1-6-23(4,5)21(29)26-12-7-13-27(15-14-26)22-24-20-19(30-22)17(3)25-28(20)18-10-8-16(2)9-11-18/h8-11H,6-7,12-15H2,1-5H3. The summed E-state index contributed by atoms with van der Waals surface area (Å²) >= 11 is 1.71.